The lowest BCUT2D eigenvalue weighted by atomic mass is 9.80. The first-order chi connectivity index (χ1) is 11.6. The SMILES string of the molecule is CCCCOC(=O)CCN1C(=O)N[C@@]2(CCCc3sccc32)C1=O. The topological polar surface area (TPSA) is 75.7 Å². The van der Waals surface area contributed by atoms with Crippen LogP contribution in [-0.2, 0) is 26.3 Å². The predicted molar refractivity (Wildman–Crippen MR) is 89.7 cm³/mol. The molecule has 130 valence electrons. The molecule has 1 N–H and O–H groups in total. The Bertz CT molecular complexity index is 657. The van der Waals surface area contributed by atoms with Gasteiger partial charge in [-0.1, -0.05) is 13.3 Å². The Morgan fingerprint density at radius 2 is 2.29 bits per heavy atom. The molecule has 0 unspecified atom stereocenters. The minimum Gasteiger partial charge on any atom is -0.466 e. The maximum atomic E-state index is 12.9. The summed E-state index contributed by atoms with van der Waals surface area (Å²) in [6.45, 7) is 2.47. The smallest absolute Gasteiger partial charge is 0.325 e. The van der Waals surface area contributed by atoms with Gasteiger partial charge in [0.1, 0.15) is 5.54 Å². The number of ether oxygens (including phenoxy) is 1. The lowest BCUT2D eigenvalue weighted by molar-refractivity contribution is -0.144. The van der Waals surface area contributed by atoms with Crippen LogP contribution >= 0.6 is 11.3 Å². The minimum absolute atomic E-state index is 0.0372. The van der Waals surface area contributed by atoms with Gasteiger partial charge in [-0.15, -0.1) is 11.3 Å². The van der Waals surface area contributed by atoms with Crippen LogP contribution in [0.1, 0.15) is 49.5 Å². The summed E-state index contributed by atoms with van der Waals surface area (Å²) < 4.78 is 5.09. The van der Waals surface area contributed by atoms with Gasteiger partial charge in [-0.2, -0.15) is 0 Å². The summed E-state index contributed by atoms with van der Waals surface area (Å²) in [7, 11) is 0. The van der Waals surface area contributed by atoms with Gasteiger partial charge in [0.2, 0.25) is 0 Å². The zero-order chi connectivity index (χ0) is 17.2. The second-order valence-corrected chi connectivity index (χ2v) is 7.23. The van der Waals surface area contributed by atoms with Crippen molar-refractivity contribution < 1.29 is 19.1 Å². The molecule has 1 aliphatic heterocycles. The van der Waals surface area contributed by atoms with Crippen LogP contribution in [0.4, 0.5) is 4.79 Å². The van der Waals surface area contributed by atoms with Crippen LogP contribution in [0.3, 0.4) is 0 Å². The molecule has 0 aromatic carbocycles. The van der Waals surface area contributed by atoms with Crippen molar-refractivity contribution in [1.82, 2.24) is 10.2 Å². The van der Waals surface area contributed by atoms with Crippen LogP contribution in [0, 0.1) is 0 Å². The Labute approximate surface area is 145 Å². The van der Waals surface area contributed by atoms with Gasteiger partial charge in [0, 0.05) is 17.0 Å². The van der Waals surface area contributed by atoms with Crippen LogP contribution in [0.15, 0.2) is 11.4 Å². The van der Waals surface area contributed by atoms with Crippen LogP contribution in [-0.4, -0.2) is 36.0 Å². The van der Waals surface area contributed by atoms with Crippen molar-refractivity contribution in [2.45, 2.75) is 51.0 Å². The molecule has 1 aromatic heterocycles. The van der Waals surface area contributed by atoms with Crippen molar-refractivity contribution in [2.75, 3.05) is 13.2 Å². The Hall–Kier alpha value is -1.89. The van der Waals surface area contributed by atoms with E-state index >= 15 is 0 Å². The Kier molecular flexibility index (Phi) is 4.89. The average molecular weight is 350 g/mol. The van der Waals surface area contributed by atoms with E-state index in [4.69, 9.17) is 4.74 Å². The van der Waals surface area contributed by atoms with Gasteiger partial charge in [-0.25, -0.2) is 4.79 Å². The number of nitrogens with zero attached hydrogens (tertiary/aromatic N) is 1. The molecular weight excluding hydrogens is 328 g/mol. The number of carbonyl (C=O) groups is 3. The van der Waals surface area contributed by atoms with Crippen molar-refractivity contribution in [3.05, 3.63) is 21.9 Å². The van der Waals surface area contributed by atoms with Crippen LogP contribution in [0.25, 0.3) is 0 Å². The molecule has 0 bridgehead atoms. The largest absolute Gasteiger partial charge is 0.466 e. The zero-order valence-corrected chi connectivity index (χ0v) is 14.6. The van der Waals surface area contributed by atoms with E-state index in [0.717, 1.165) is 41.0 Å². The molecule has 1 atom stereocenters. The van der Waals surface area contributed by atoms with E-state index in [-0.39, 0.29) is 24.8 Å². The molecule has 1 saturated heterocycles. The van der Waals surface area contributed by atoms with Gasteiger partial charge < -0.3 is 10.1 Å². The molecule has 3 amide bonds. The van der Waals surface area contributed by atoms with Crippen molar-refractivity contribution >= 4 is 29.2 Å². The first kappa shape index (κ1) is 17.0. The molecule has 24 heavy (non-hydrogen) atoms. The summed E-state index contributed by atoms with van der Waals surface area (Å²) in [6, 6.07) is 1.51. The van der Waals surface area contributed by atoms with Gasteiger partial charge in [0.25, 0.3) is 5.91 Å². The fourth-order valence-corrected chi connectivity index (χ4v) is 4.35. The Morgan fingerprint density at radius 3 is 3.08 bits per heavy atom. The number of aryl methyl sites for hydroxylation is 1. The molecule has 3 rings (SSSR count). The highest BCUT2D eigenvalue weighted by Gasteiger charge is 2.54. The van der Waals surface area contributed by atoms with Crippen LogP contribution < -0.4 is 5.32 Å². The Morgan fingerprint density at radius 1 is 1.46 bits per heavy atom. The number of esters is 1. The van der Waals surface area contributed by atoms with E-state index < -0.39 is 11.6 Å². The predicted octanol–water partition coefficient (Wildman–Crippen LogP) is 2.56. The number of imide groups is 1. The van der Waals surface area contributed by atoms with Crippen molar-refractivity contribution in [1.29, 1.82) is 0 Å². The number of thiophene rings is 1. The molecule has 2 aliphatic rings. The average Bonchev–Trinajstić information content (AvgIpc) is 3.12. The number of amides is 3. The number of rotatable bonds is 6. The summed E-state index contributed by atoms with van der Waals surface area (Å²) in [5.74, 6) is -0.613. The van der Waals surface area contributed by atoms with Crippen LogP contribution in [0.5, 0.6) is 0 Å². The van der Waals surface area contributed by atoms with E-state index in [1.807, 2.05) is 18.4 Å². The summed E-state index contributed by atoms with van der Waals surface area (Å²) in [5.41, 5.74) is -0.0123. The van der Waals surface area contributed by atoms with E-state index in [0.29, 0.717) is 13.0 Å². The van der Waals surface area contributed by atoms with Gasteiger partial charge in [0.15, 0.2) is 0 Å². The highest BCUT2D eigenvalue weighted by atomic mass is 32.1. The summed E-state index contributed by atoms with van der Waals surface area (Å²) in [4.78, 5) is 39.3. The number of unbranched alkanes of at least 4 members (excludes halogenated alkanes) is 1. The number of carbonyl (C=O) groups excluding carboxylic acids is 3. The standard InChI is InChI=1S/C17H22N2O4S/c1-2-3-10-23-14(20)6-9-19-15(21)17(18-16(19)22)8-4-5-13-12(17)7-11-24-13/h7,11H,2-6,8-10H2,1H3,(H,18,22)/t17-/m1/s1. The summed E-state index contributed by atoms with van der Waals surface area (Å²) in [6.07, 6.45) is 4.23. The quantitative estimate of drug-likeness (QED) is 0.486. The Balaban J connectivity index is 1.67. The summed E-state index contributed by atoms with van der Waals surface area (Å²) in [5, 5.41) is 4.84. The van der Waals surface area contributed by atoms with Crippen molar-refractivity contribution in [3.63, 3.8) is 0 Å². The first-order valence-electron chi connectivity index (χ1n) is 8.45. The van der Waals surface area contributed by atoms with Crippen molar-refractivity contribution in [3.8, 4) is 0 Å². The lowest BCUT2D eigenvalue weighted by Crippen LogP contribution is -2.46. The molecule has 2 heterocycles. The fraction of sp³-hybridized carbons (Fsp3) is 0.588. The van der Waals surface area contributed by atoms with E-state index in [1.54, 1.807) is 11.3 Å². The van der Waals surface area contributed by atoms with Crippen LogP contribution in [0.2, 0.25) is 0 Å². The molecule has 1 aromatic rings. The molecule has 6 nitrogen and oxygen atoms in total. The monoisotopic (exact) mass is 350 g/mol. The normalized spacial score (nSPS) is 22.6. The number of hydrogen-bond donors (Lipinski definition) is 1. The maximum absolute atomic E-state index is 12.9. The number of nitrogens with one attached hydrogen (secondary N) is 1. The molecule has 1 spiro atoms. The zero-order valence-electron chi connectivity index (χ0n) is 13.8. The van der Waals surface area contributed by atoms with Gasteiger partial charge in [0.05, 0.1) is 13.0 Å². The highest BCUT2D eigenvalue weighted by Crippen LogP contribution is 2.42. The number of fused-ring (bicyclic) bond motifs is 2. The van der Waals surface area contributed by atoms with E-state index in [9.17, 15) is 14.4 Å². The summed E-state index contributed by atoms with van der Waals surface area (Å²) >= 11 is 1.62. The number of hydrogen-bond acceptors (Lipinski definition) is 5. The third kappa shape index (κ3) is 2.92. The first-order valence-corrected chi connectivity index (χ1v) is 9.33. The van der Waals surface area contributed by atoms with Crippen molar-refractivity contribution in [2.24, 2.45) is 0 Å². The van der Waals surface area contributed by atoms with E-state index in [1.165, 1.54) is 0 Å². The third-order valence-corrected chi connectivity index (χ3v) is 5.62. The molecule has 7 heteroatoms. The fourth-order valence-electron chi connectivity index (χ4n) is 3.35. The molecule has 0 radical (unpaired) electrons. The molecule has 1 aliphatic carbocycles. The third-order valence-electron chi connectivity index (χ3n) is 4.64. The second kappa shape index (κ2) is 6.93. The molecule has 0 saturated carbocycles. The maximum Gasteiger partial charge on any atom is 0.325 e. The number of urea groups is 1. The minimum atomic E-state index is -0.934. The van der Waals surface area contributed by atoms with Gasteiger partial charge in [-0.3, -0.25) is 14.5 Å². The molecular formula is C17H22N2O4S. The highest BCUT2D eigenvalue weighted by molar-refractivity contribution is 7.10. The van der Waals surface area contributed by atoms with E-state index in [2.05, 4.69) is 5.32 Å². The van der Waals surface area contributed by atoms with Gasteiger partial charge in [-0.05, 0) is 37.1 Å². The molecule has 1 fully saturated rings. The lowest BCUT2D eigenvalue weighted by Gasteiger charge is -2.31. The van der Waals surface area contributed by atoms with Gasteiger partial charge >= 0.3 is 12.0 Å². The second-order valence-electron chi connectivity index (χ2n) is 6.23.